The molecule has 0 radical (unpaired) electrons. The molecule has 12 heavy (non-hydrogen) atoms. The van der Waals surface area contributed by atoms with Crippen LogP contribution in [0.3, 0.4) is 0 Å². The molecule has 0 aromatic carbocycles. The largest absolute Gasteiger partial charge is 0.303 e. The third-order valence-electron chi connectivity index (χ3n) is 3.36. The highest BCUT2D eigenvalue weighted by molar-refractivity contribution is 4.85. The fraction of sp³-hybridized carbons (Fsp3) is 1.00. The molecule has 0 aromatic rings. The van der Waals surface area contributed by atoms with Crippen LogP contribution in [0.5, 0.6) is 0 Å². The van der Waals surface area contributed by atoms with E-state index in [1.165, 1.54) is 38.9 Å². The zero-order valence-electron chi connectivity index (χ0n) is 8.42. The molecule has 2 saturated heterocycles. The molecule has 2 heterocycles. The minimum atomic E-state index is 0.897. The van der Waals surface area contributed by atoms with E-state index < -0.39 is 0 Å². The van der Waals surface area contributed by atoms with Crippen LogP contribution in [0.25, 0.3) is 0 Å². The third kappa shape index (κ3) is 1.82. The van der Waals surface area contributed by atoms with Gasteiger partial charge in [-0.2, -0.15) is 0 Å². The minimum Gasteiger partial charge on any atom is -0.303 e. The van der Waals surface area contributed by atoms with Gasteiger partial charge in [0.25, 0.3) is 0 Å². The predicted octanol–water partition coefficient (Wildman–Crippen LogP) is 2.37. The van der Waals surface area contributed by atoms with Gasteiger partial charge in [-0.25, -0.2) is 0 Å². The van der Waals surface area contributed by atoms with Gasteiger partial charge in [-0.3, -0.25) is 0 Å². The van der Waals surface area contributed by atoms with Crippen molar-refractivity contribution in [2.45, 2.75) is 33.1 Å². The van der Waals surface area contributed by atoms with Gasteiger partial charge in [0.15, 0.2) is 0 Å². The first-order valence-electron chi connectivity index (χ1n) is 5.46. The molecule has 2 unspecified atom stereocenters. The average Bonchev–Trinajstić information content (AvgIpc) is 2.29. The molecule has 2 fully saturated rings. The molecule has 0 aromatic heterocycles. The molecule has 0 amide bonds. The van der Waals surface area contributed by atoms with Gasteiger partial charge in [0.05, 0.1) is 0 Å². The Hall–Kier alpha value is -0.0400. The number of hydrogen-bond donors (Lipinski definition) is 0. The van der Waals surface area contributed by atoms with Crippen LogP contribution >= 0.6 is 0 Å². The fourth-order valence-corrected chi connectivity index (χ4v) is 3.02. The van der Waals surface area contributed by atoms with Gasteiger partial charge in [0.1, 0.15) is 0 Å². The molecule has 2 rings (SSSR count). The van der Waals surface area contributed by atoms with Crippen molar-refractivity contribution in [2.24, 2.45) is 17.8 Å². The topological polar surface area (TPSA) is 3.24 Å². The highest BCUT2D eigenvalue weighted by Gasteiger charge is 2.32. The van der Waals surface area contributed by atoms with Gasteiger partial charge in [-0.05, 0) is 43.6 Å². The Morgan fingerprint density at radius 2 is 2.17 bits per heavy atom. The van der Waals surface area contributed by atoms with Crippen molar-refractivity contribution in [1.82, 2.24) is 4.90 Å². The van der Waals surface area contributed by atoms with Crippen LogP contribution in [0.2, 0.25) is 0 Å². The molecule has 0 aliphatic carbocycles. The van der Waals surface area contributed by atoms with Crippen LogP contribution in [-0.4, -0.2) is 24.5 Å². The summed E-state index contributed by atoms with van der Waals surface area (Å²) in [7, 11) is 0. The molecule has 2 aliphatic rings. The van der Waals surface area contributed by atoms with Crippen molar-refractivity contribution in [2.75, 3.05) is 19.6 Å². The number of hydrogen-bond acceptors (Lipinski definition) is 1. The summed E-state index contributed by atoms with van der Waals surface area (Å²) in [5.74, 6) is 2.97. The maximum Gasteiger partial charge on any atom is 0.00104 e. The second kappa shape index (κ2) is 3.37. The molecule has 1 nitrogen and oxygen atoms in total. The first-order valence-corrected chi connectivity index (χ1v) is 5.46. The van der Waals surface area contributed by atoms with Crippen LogP contribution < -0.4 is 0 Å². The quantitative estimate of drug-likeness (QED) is 0.610. The third-order valence-corrected chi connectivity index (χ3v) is 3.36. The fourth-order valence-electron chi connectivity index (χ4n) is 3.02. The highest BCUT2D eigenvalue weighted by Crippen LogP contribution is 2.33. The summed E-state index contributed by atoms with van der Waals surface area (Å²) < 4.78 is 0. The normalized spacial score (nSPS) is 40.8. The van der Waals surface area contributed by atoms with E-state index in [2.05, 4.69) is 18.7 Å². The molecule has 0 spiro atoms. The number of rotatable bonds is 2. The van der Waals surface area contributed by atoms with Crippen molar-refractivity contribution in [3.63, 3.8) is 0 Å². The summed E-state index contributed by atoms with van der Waals surface area (Å²) in [5, 5.41) is 0. The van der Waals surface area contributed by atoms with Crippen LogP contribution in [0, 0.1) is 17.8 Å². The van der Waals surface area contributed by atoms with E-state index in [0.717, 1.165) is 17.8 Å². The molecule has 0 N–H and O–H groups in total. The number of fused-ring (bicyclic) bond motifs is 2. The Morgan fingerprint density at radius 1 is 1.33 bits per heavy atom. The summed E-state index contributed by atoms with van der Waals surface area (Å²) in [5.41, 5.74) is 0. The monoisotopic (exact) mass is 167 g/mol. The van der Waals surface area contributed by atoms with Crippen molar-refractivity contribution in [1.29, 1.82) is 0 Å². The van der Waals surface area contributed by atoms with Crippen molar-refractivity contribution in [3.05, 3.63) is 0 Å². The second-order valence-electron chi connectivity index (χ2n) is 5.15. The SMILES string of the molecule is CC(C)CC1C[C@@H]2CCN(C1)C2. The molecule has 2 bridgehead atoms. The maximum absolute atomic E-state index is 2.67. The van der Waals surface area contributed by atoms with E-state index in [1.54, 1.807) is 0 Å². The summed E-state index contributed by atoms with van der Waals surface area (Å²) in [4.78, 5) is 2.67. The molecule has 1 heteroatoms. The van der Waals surface area contributed by atoms with Crippen LogP contribution in [0.1, 0.15) is 33.1 Å². The minimum absolute atomic E-state index is 0.897. The highest BCUT2D eigenvalue weighted by atomic mass is 15.2. The Labute approximate surface area is 76.1 Å². The summed E-state index contributed by atoms with van der Waals surface area (Å²) in [6.45, 7) is 8.90. The first kappa shape index (κ1) is 8.55. The average molecular weight is 167 g/mol. The van der Waals surface area contributed by atoms with E-state index in [1.807, 2.05) is 0 Å². The van der Waals surface area contributed by atoms with E-state index >= 15 is 0 Å². The summed E-state index contributed by atoms with van der Waals surface area (Å²) in [6, 6.07) is 0. The molecule has 0 saturated carbocycles. The molecule has 70 valence electrons. The second-order valence-corrected chi connectivity index (χ2v) is 5.15. The van der Waals surface area contributed by atoms with Gasteiger partial charge in [0, 0.05) is 13.1 Å². The van der Waals surface area contributed by atoms with Crippen molar-refractivity contribution >= 4 is 0 Å². The predicted molar refractivity (Wildman–Crippen MR) is 52.1 cm³/mol. The van der Waals surface area contributed by atoms with Crippen LogP contribution in [0.4, 0.5) is 0 Å². The van der Waals surface area contributed by atoms with Gasteiger partial charge in [0.2, 0.25) is 0 Å². The Balaban J connectivity index is 1.85. The van der Waals surface area contributed by atoms with Gasteiger partial charge in [-0.15, -0.1) is 0 Å². The van der Waals surface area contributed by atoms with E-state index in [0.29, 0.717) is 0 Å². The lowest BCUT2D eigenvalue weighted by Crippen LogP contribution is -2.33. The smallest absolute Gasteiger partial charge is 0.00104 e. The molecular formula is C11H21N. The van der Waals surface area contributed by atoms with E-state index in [-0.39, 0.29) is 0 Å². The Morgan fingerprint density at radius 3 is 2.83 bits per heavy atom. The molecule has 3 atom stereocenters. The van der Waals surface area contributed by atoms with Crippen molar-refractivity contribution < 1.29 is 0 Å². The zero-order valence-corrected chi connectivity index (χ0v) is 8.42. The zero-order chi connectivity index (χ0) is 8.55. The van der Waals surface area contributed by atoms with Gasteiger partial charge < -0.3 is 4.90 Å². The van der Waals surface area contributed by atoms with E-state index in [4.69, 9.17) is 0 Å². The number of nitrogens with zero attached hydrogens (tertiary/aromatic N) is 1. The van der Waals surface area contributed by atoms with Gasteiger partial charge in [-0.1, -0.05) is 13.8 Å². The lowest BCUT2D eigenvalue weighted by Gasteiger charge is -2.30. The lowest BCUT2D eigenvalue weighted by atomic mass is 9.86. The molecule has 2 aliphatic heterocycles. The maximum atomic E-state index is 2.67. The Kier molecular flexibility index (Phi) is 2.40. The molecular weight excluding hydrogens is 146 g/mol. The summed E-state index contributed by atoms with van der Waals surface area (Å²) >= 11 is 0. The van der Waals surface area contributed by atoms with Crippen LogP contribution in [-0.2, 0) is 0 Å². The Bertz CT molecular complexity index is 141. The van der Waals surface area contributed by atoms with Gasteiger partial charge >= 0.3 is 0 Å². The standard InChI is InChI=1S/C11H21N/c1-9(2)5-11-6-10-3-4-12(7-10)8-11/h9-11H,3-8H2,1-2H3/t10-,11?/m0/s1. The van der Waals surface area contributed by atoms with Crippen molar-refractivity contribution in [3.8, 4) is 0 Å². The lowest BCUT2D eigenvalue weighted by molar-refractivity contribution is 0.182. The number of piperidine rings is 1. The van der Waals surface area contributed by atoms with Crippen LogP contribution in [0.15, 0.2) is 0 Å². The first-order chi connectivity index (χ1) is 5.74. The summed E-state index contributed by atoms with van der Waals surface area (Å²) in [6.07, 6.45) is 4.45. The van der Waals surface area contributed by atoms with E-state index in [9.17, 15) is 0 Å².